The molecule has 1 amide bonds. The Balaban J connectivity index is 1.47. The Morgan fingerprint density at radius 1 is 1.07 bits per heavy atom. The van der Waals surface area contributed by atoms with Gasteiger partial charge in [0, 0.05) is 17.8 Å². The molecule has 2 aliphatic carbocycles. The lowest BCUT2D eigenvalue weighted by Crippen LogP contribution is -2.39. The number of nitrogens with two attached hydrogens (primary N) is 1. The van der Waals surface area contributed by atoms with E-state index in [9.17, 15) is 13.2 Å². The van der Waals surface area contributed by atoms with Gasteiger partial charge in [-0.1, -0.05) is 24.3 Å². The number of primary sulfonamides is 1. The molecule has 2 aromatic rings. The minimum atomic E-state index is -3.73. The summed E-state index contributed by atoms with van der Waals surface area (Å²) in [5, 5.41) is 7.99. The first kappa shape index (κ1) is 19.1. The van der Waals surface area contributed by atoms with E-state index in [0.29, 0.717) is 18.3 Å². The van der Waals surface area contributed by atoms with E-state index in [1.54, 1.807) is 12.1 Å². The van der Waals surface area contributed by atoms with Gasteiger partial charge in [-0.05, 0) is 67.5 Å². The summed E-state index contributed by atoms with van der Waals surface area (Å²) in [5.74, 6) is -0.0849. The number of nitrogens with zero attached hydrogens (tertiary/aromatic N) is 1. The van der Waals surface area contributed by atoms with Gasteiger partial charge in [-0.15, -0.1) is 0 Å². The summed E-state index contributed by atoms with van der Waals surface area (Å²) >= 11 is 0. The molecule has 1 unspecified atom stereocenters. The lowest BCUT2D eigenvalue weighted by molar-refractivity contribution is -0.118. The molecular formula is C21H25N3O3S. The lowest BCUT2D eigenvalue weighted by Gasteiger charge is -2.35. The van der Waals surface area contributed by atoms with Gasteiger partial charge in [0.1, 0.15) is 0 Å². The van der Waals surface area contributed by atoms with Crippen LogP contribution in [0.3, 0.4) is 0 Å². The first-order chi connectivity index (χ1) is 13.4. The number of anilines is 1. The van der Waals surface area contributed by atoms with E-state index in [1.165, 1.54) is 23.3 Å². The highest BCUT2D eigenvalue weighted by Crippen LogP contribution is 2.40. The van der Waals surface area contributed by atoms with Crippen molar-refractivity contribution >= 4 is 21.6 Å². The molecule has 0 bridgehead atoms. The second-order valence-corrected chi connectivity index (χ2v) is 9.19. The minimum Gasteiger partial charge on any atom is -0.325 e. The molecule has 28 heavy (non-hydrogen) atoms. The van der Waals surface area contributed by atoms with Crippen molar-refractivity contribution in [3.05, 3.63) is 59.7 Å². The van der Waals surface area contributed by atoms with Crippen LogP contribution < -0.4 is 10.5 Å². The smallest absolute Gasteiger partial charge is 0.238 e. The van der Waals surface area contributed by atoms with Crippen LogP contribution in [0.4, 0.5) is 5.69 Å². The van der Waals surface area contributed by atoms with Crippen LogP contribution in [0, 0.1) is 0 Å². The maximum atomic E-state index is 12.7. The van der Waals surface area contributed by atoms with Crippen molar-refractivity contribution in [3.8, 4) is 0 Å². The summed E-state index contributed by atoms with van der Waals surface area (Å²) in [7, 11) is -3.73. The first-order valence-corrected chi connectivity index (χ1v) is 11.2. The molecule has 0 saturated heterocycles. The number of amides is 1. The van der Waals surface area contributed by atoms with Crippen molar-refractivity contribution in [1.29, 1.82) is 0 Å². The van der Waals surface area contributed by atoms with Gasteiger partial charge in [0.05, 0.1) is 11.4 Å². The molecule has 1 fully saturated rings. The van der Waals surface area contributed by atoms with Crippen LogP contribution in [0.1, 0.15) is 42.9 Å². The fourth-order valence-corrected chi connectivity index (χ4v) is 4.58. The van der Waals surface area contributed by atoms with E-state index in [1.807, 2.05) is 0 Å². The highest BCUT2D eigenvalue weighted by molar-refractivity contribution is 7.89. The van der Waals surface area contributed by atoms with E-state index in [0.717, 1.165) is 32.1 Å². The average Bonchev–Trinajstić information content (AvgIpc) is 3.51. The molecule has 0 radical (unpaired) electrons. The van der Waals surface area contributed by atoms with Crippen molar-refractivity contribution in [2.75, 3.05) is 11.9 Å². The molecule has 4 rings (SSSR count). The highest BCUT2D eigenvalue weighted by Gasteiger charge is 2.37. The number of hydrogen-bond acceptors (Lipinski definition) is 4. The number of benzene rings is 2. The van der Waals surface area contributed by atoms with Crippen LogP contribution in [0.5, 0.6) is 0 Å². The number of nitrogens with one attached hydrogen (secondary N) is 1. The van der Waals surface area contributed by atoms with Gasteiger partial charge in [0.15, 0.2) is 0 Å². The van der Waals surface area contributed by atoms with Crippen LogP contribution in [0.25, 0.3) is 0 Å². The van der Waals surface area contributed by atoms with Gasteiger partial charge in [-0.25, -0.2) is 13.6 Å². The Morgan fingerprint density at radius 2 is 1.79 bits per heavy atom. The van der Waals surface area contributed by atoms with Crippen molar-refractivity contribution < 1.29 is 13.2 Å². The Morgan fingerprint density at radius 3 is 2.46 bits per heavy atom. The zero-order chi connectivity index (χ0) is 19.7. The summed E-state index contributed by atoms with van der Waals surface area (Å²) in [6.07, 6.45) is 5.59. The van der Waals surface area contributed by atoms with Gasteiger partial charge in [-0.2, -0.15) is 0 Å². The third kappa shape index (κ3) is 4.27. The van der Waals surface area contributed by atoms with E-state index in [4.69, 9.17) is 5.14 Å². The molecule has 0 spiro atoms. The summed E-state index contributed by atoms with van der Waals surface area (Å²) in [4.78, 5) is 15.1. The van der Waals surface area contributed by atoms with Gasteiger partial charge in [0.2, 0.25) is 15.9 Å². The topological polar surface area (TPSA) is 92.5 Å². The Bertz CT molecular complexity index is 969. The zero-order valence-corrected chi connectivity index (χ0v) is 16.5. The monoisotopic (exact) mass is 399 g/mol. The largest absolute Gasteiger partial charge is 0.325 e. The second-order valence-electron chi connectivity index (χ2n) is 7.63. The van der Waals surface area contributed by atoms with E-state index in [2.05, 4.69) is 34.5 Å². The Labute approximate surface area is 165 Å². The van der Waals surface area contributed by atoms with Gasteiger partial charge < -0.3 is 5.32 Å². The van der Waals surface area contributed by atoms with Gasteiger partial charge in [0.25, 0.3) is 0 Å². The molecule has 1 atom stereocenters. The third-order valence-corrected chi connectivity index (χ3v) is 6.48. The molecule has 0 aromatic heterocycles. The van der Waals surface area contributed by atoms with Gasteiger partial charge in [-0.3, -0.25) is 9.69 Å². The predicted octanol–water partition coefficient (Wildman–Crippen LogP) is 2.81. The molecule has 7 heteroatoms. The molecule has 6 nitrogen and oxygen atoms in total. The molecule has 3 N–H and O–H groups in total. The van der Waals surface area contributed by atoms with E-state index < -0.39 is 10.0 Å². The van der Waals surface area contributed by atoms with Crippen molar-refractivity contribution in [2.24, 2.45) is 5.14 Å². The maximum absolute atomic E-state index is 12.7. The molecule has 2 aliphatic rings. The standard InChI is InChI=1S/C21H25N3O3S/c22-28(26,27)18-12-8-16(9-13-18)23-21(25)14-24(17-10-11-17)20-7-3-5-15-4-1-2-6-19(15)20/h1-2,4,6,8-9,12-13,17,20H,3,5,7,10-11,14H2,(H,23,25)(H2,22,26,27). The fourth-order valence-electron chi connectivity index (χ4n) is 4.07. The molecule has 2 aromatic carbocycles. The molecule has 0 aliphatic heterocycles. The van der Waals surface area contributed by atoms with Crippen LogP contribution in [0.2, 0.25) is 0 Å². The maximum Gasteiger partial charge on any atom is 0.238 e. The lowest BCUT2D eigenvalue weighted by atomic mass is 9.86. The number of fused-ring (bicyclic) bond motifs is 1. The van der Waals surface area contributed by atoms with E-state index >= 15 is 0 Å². The normalized spacial score (nSPS) is 19.3. The van der Waals surface area contributed by atoms with Crippen LogP contribution in [0.15, 0.2) is 53.4 Å². The average molecular weight is 400 g/mol. The molecule has 0 heterocycles. The quantitative estimate of drug-likeness (QED) is 0.781. The summed E-state index contributed by atoms with van der Waals surface area (Å²) < 4.78 is 22.7. The third-order valence-electron chi connectivity index (χ3n) is 5.55. The summed E-state index contributed by atoms with van der Waals surface area (Å²) in [6.45, 7) is 0.334. The highest BCUT2D eigenvalue weighted by atomic mass is 32.2. The number of sulfonamides is 1. The van der Waals surface area contributed by atoms with Crippen molar-refractivity contribution in [2.45, 2.75) is 49.1 Å². The van der Waals surface area contributed by atoms with Crippen LogP contribution in [-0.2, 0) is 21.2 Å². The van der Waals surface area contributed by atoms with Crippen LogP contribution in [-0.4, -0.2) is 31.8 Å². The fraction of sp³-hybridized carbons (Fsp3) is 0.381. The number of hydrogen-bond donors (Lipinski definition) is 2. The van der Waals surface area contributed by atoms with Crippen molar-refractivity contribution in [1.82, 2.24) is 4.90 Å². The molecular weight excluding hydrogens is 374 g/mol. The number of carbonyl (C=O) groups excluding carboxylic acids is 1. The minimum absolute atomic E-state index is 0.0314. The zero-order valence-electron chi connectivity index (χ0n) is 15.7. The Kier molecular flexibility index (Phi) is 5.23. The summed E-state index contributed by atoms with van der Waals surface area (Å²) in [6, 6.07) is 15.2. The van der Waals surface area contributed by atoms with E-state index in [-0.39, 0.29) is 16.8 Å². The molecule has 1 saturated carbocycles. The summed E-state index contributed by atoms with van der Waals surface area (Å²) in [5.41, 5.74) is 3.31. The number of rotatable bonds is 6. The second kappa shape index (κ2) is 7.66. The van der Waals surface area contributed by atoms with Gasteiger partial charge >= 0.3 is 0 Å². The SMILES string of the molecule is NS(=O)(=O)c1ccc(NC(=O)CN(C2CC2)C2CCCc3ccccc32)cc1. The molecule has 148 valence electrons. The van der Waals surface area contributed by atoms with Crippen molar-refractivity contribution in [3.63, 3.8) is 0 Å². The number of aryl methyl sites for hydroxylation is 1. The van der Waals surface area contributed by atoms with Crippen LogP contribution >= 0.6 is 0 Å². The number of carbonyl (C=O) groups is 1. The Hall–Kier alpha value is -2.22. The first-order valence-electron chi connectivity index (χ1n) is 9.68. The predicted molar refractivity (Wildman–Crippen MR) is 108 cm³/mol.